The van der Waals surface area contributed by atoms with Gasteiger partial charge >= 0.3 is 0 Å². The van der Waals surface area contributed by atoms with Crippen molar-refractivity contribution in [2.24, 2.45) is 29.8 Å². The molecule has 0 radical (unpaired) electrons. The predicted molar refractivity (Wildman–Crippen MR) is 152 cm³/mol. The summed E-state index contributed by atoms with van der Waals surface area (Å²) in [6.07, 6.45) is 8.27. The molecule has 5 rings (SSSR count). The summed E-state index contributed by atoms with van der Waals surface area (Å²) >= 11 is 0. The molecule has 0 unspecified atom stereocenters. The van der Waals surface area contributed by atoms with Gasteiger partial charge in [-0.05, 0) is 31.4 Å². The van der Waals surface area contributed by atoms with Crippen LogP contribution in [0, 0.1) is 0 Å². The predicted octanol–water partition coefficient (Wildman–Crippen LogP) is 3.95. The molecule has 1 aliphatic rings. The van der Waals surface area contributed by atoms with E-state index in [2.05, 4.69) is 39.7 Å². The Labute approximate surface area is 221 Å². The molecule has 3 heterocycles. The Balaban J connectivity index is 1.70. The maximum atomic E-state index is 6.48. The third-order valence-electron chi connectivity index (χ3n) is 6.82. The first-order chi connectivity index (χ1) is 18.4. The lowest BCUT2D eigenvalue weighted by Crippen LogP contribution is -2.05. The minimum atomic E-state index is 0.173. The van der Waals surface area contributed by atoms with E-state index in [0.29, 0.717) is 17.3 Å². The number of fused-ring (bicyclic) bond motifs is 1. The highest BCUT2D eigenvalue weighted by Gasteiger charge is 2.33. The van der Waals surface area contributed by atoms with E-state index in [1.165, 1.54) is 12.8 Å². The van der Waals surface area contributed by atoms with Crippen LogP contribution in [0.1, 0.15) is 42.6 Å². The van der Waals surface area contributed by atoms with Crippen molar-refractivity contribution >= 4 is 29.1 Å². The summed E-state index contributed by atoms with van der Waals surface area (Å²) in [7, 11) is 7.15. The normalized spacial score (nSPS) is 14.7. The first-order valence-electron chi connectivity index (χ1n) is 12.6. The molecule has 196 valence electrons. The van der Waals surface area contributed by atoms with Gasteiger partial charge in [-0.15, -0.1) is 0 Å². The summed E-state index contributed by atoms with van der Waals surface area (Å²) < 4.78 is 9.18. The summed E-state index contributed by atoms with van der Waals surface area (Å²) in [5.41, 5.74) is 20.0. The van der Waals surface area contributed by atoms with E-state index < -0.39 is 0 Å². The summed E-state index contributed by atoms with van der Waals surface area (Å²) in [6, 6.07) is 7.99. The number of pyridine rings is 1. The van der Waals surface area contributed by atoms with Gasteiger partial charge in [0.15, 0.2) is 5.65 Å². The topological polar surface area (TPSA) is 135 Å². The van der Waals surface area contributed by atoms with Crippen LogP contribution in [-0.4, -0.2) is 50.9 Å². The molecule has 0 bridgehead atoms. The van der Waals surface area contributed by atoms with Gasteiger partial charge in [0.2, 0.25) is 5.88 Å². The Kier molecular flexibility index (Phi) is 6.71. The van der Waals surface area contributed by atoms with E-state index in [4.69, 9.17) is 26.2 Å². The molecule has 1 aromatic carbocycles. The number of aliphatic imine (C=N–C) groups is 2. The monoisotopic (exact) mass is 511 g/mol. The van der Waals surface area contributed by atoms with Crippen molar-refractivity contribution in [3.8, 4) is 22.6 Å². The van der Waals surface area contributed by atoms with Gasteiger partial charge in [0.25, 0.3) is 0 Å². The number of aromatic nitrogens is 5. The number of aryl methyl sites for hydroxylation is 2. The molecule has 4 aromatic rings. The summed E-state index contributed by atoms with van der Waals surface area (Å²) in [5.74, 6) is 1.49. The van der Waals surface area contributed by atoms with Crippen LogP contribution in [0.25, 0.3) is 33.7 Å². The highest BCUT2D eigenvalue weighted by Crippen LogP contribution is 2.46. The SMILES string of the molecule is CCc1nc2nn(C)cc2cc1-c1nc(-c2cccc(N)c2C=N/C(C=NC)=C(/N)OC)c(C2CC2)n1C. The molecular formula is C28H33N9O. The minimum absolute atomic E-state index is 0.173. The molecule has 4 N–H and O–H groups in total. The summed E-state index contributed by atoms with van der Waals surface area (Å²) in [5, 5.41) is 5.48. The molecule has 3 aromatic heterocycles. The quantitative estimate of drug-likeness (QED) is 0.209. The zero-order chi connectivity index (χ0) is 27.0. The van der Waals surface area contributed by atoms with Crippen molar-refractivity contribution in [1.29, 1.82) is 0 Å². The van der Waals surface area contributed by atoms with Gasteiger partial charge in [-0.3, -0.25) is 9.67 Å². The fraction of sp³-hybridized carbons (Fsp3) is 0.321. The average Bonchev–Trinajstić information content (AvgIpc) is 3.59. The Morgan fingerprint density at radius 1 is 1.21 bits per heavy atom. The van der Waals surface area contributed by atoms with Crippen molar-refractivity contribution < 1.29 is 4.74 Å². The Morgan fingerprint density at radius 2 is 2.00 bits per heavy atom. The maximum Gasteiger partial charge on any atom is 0.212 e. The molecule has 10 heteroatoms. The molecular weight excluding hydrogens is 478 g/mol. The first kappa shape index (κ1) is 25.2. The van der Waals surface area contributed by atoms with Crippen LogP contribution in [0.4, 0.5) is 5.69 Å². The minimum Gasteiger partial charge on any atom is -0.481 e. The Morgan fingerprint density at radius 3 is 2.68 bits per heavy atom. The van der Waals surface area contributed by atoms with Crippen molar-refractivity contribution in [2.45, 2.75) is 32.1 Å². The number of nitrogen functional groups attached to an aromatic ring is 1. The number of benzene rings is 1. The molecule has 0 saturated heterocycles. The molecule has 1 fully saturated rings. The van der Waals surface area contributed by atoms with E-state index in [1.54, 1.807) is 24.2 Å². The third kappa shape index (κ3) is 4.53. The zero-order valence-corrected chi connectivity index (χ0v) is 22.4. The molecule has 0 amide bonds. The van der Waals surface area contributed by atoms with Crippen molar-refractivity contribution in [1.82, 2.24) is 24.3 Å². The molecule has 0 atom stereocenters. The van der Waals surface area contributed by atoms with Gasteiger partial charge in [0, 0.05) is 72.9 Å². The van der Waals surface area contributed by atoms with Gasteiger partial charge in [0.1, 0.15) is 11.5 Å². The number of anilines is 1. The van der Waals surface area contributed by atoms with Crippen LogP contribution < -0.4 is 11.5 Å². The second kappa shape index (κ2) is 10.1. The first-order valence-corrected chi connectivity index (χ1v) is 12.6. The number of nitrogens with two attached hydrogens (primary N) is 2. The van der Waals surface area contributed by atoms with Gasteiger partial charge in [-0.25, -0.2) is 15.0 Å². The third-order valence-corrected chi connectivity index (χ3v) is 6.82. The molecule has 0 aliphatic heterocycles. The standard InChI is InChI=1S/C28H33N9O/c1-6-22-19(12-17-15-36(3)35-27(17)33-22)28-34-24(25(37(28)4)16-10-11-16)18-8-7-9-21(29)20(18)13-32-23(14-31-2)26(30)38-5/h7-9,12-16H,6,10-11,29-30H2,1-5H3/b26-23-,31-14?,32-13?. The van der Waals surface area contributed by atoms with E-state index in [1.807, 2.05) is 31.4 Å². The van der Waals surface area contributed by atoms with Crippen molar-refractivity contribution in [3.63, 3.8) is 0 Å². The average molecular weight is 512 g/mol. The lowest BCUT2D eigenvalue weighted by molar-refractivity contribution is 0.284. The smallest absolute Gasteiger partial charge is 0.212 e. The number of rotatable bonds is 8. The van der Waals surface area contributed by atoms with Crippen LogP contribution in [0.2, 0.25) is 0 Å². The number of hydrogen-bond donors (Lipinski definition) is 2. The summed E-state index contributed by atoms with van der Waals surface area (Å²) in [6.45, 7) is 2.11. The number of hydrogen-bond acceptors (Lipinski definition) is 8. The van der Waals surface area contributed by atoms with Gasteiger partial charge < -0.3 is 20.8 Å². The van der Waals surface area contributed by atoms with E-state index in [0.717, 1.165) is 64.2 Å². The lowest BCUT2D eigenvalue weighted by atomic mass is 10.0. The molecule has 0 spiro atoms. The zero-order valence-electron chi connectivity index (χ0n) is 22.4. The highest BCUT2D eigenvalue weighted by molar-refractivity contribution is 5.98. The van der Waals surface area contributed by atoms with E-state index in [-0.39, 0.29) is 5.88 Å². The van der Waals surface area contributed by atoms with Crippen molar-refractivity contribution in [3.05, 3.63) is 59.0 Å². The number of allylic oxidation sites excluding steroid dienone is 1. The second-order valence-corrected chi connectivity index (χ2v) is 9.46. The largest absolute Gasteiger partial charge is 0.481 e. The van der Waals surface area contributed by atoms with Gasteiger partial charge in [-0.2, -0.15) is 5.10 Å². The van der Waals surface area contributed by atoms with Crippen LogP contribution in [-0.2, 0) is 25.3 Å². The van der Waals surface area contributed by atoms with Crippen LogP contribution >= 0.6 is 0 Å². The van der Waals surface area contributed by atoms with Crippen LogP contribution in [0.5, 0.6) is 0 Å². The molecule has 10 nitrogen and oxygen atoms in total. The van der Waals surface area contributed by atoms with E-state index >= 15 is 0 Å². The van der Waals surface area contributed by atoms with Gasteiger partial charge in [-0.1, -0.05) is 19.1 Å². The number of imidazole rings is 1. The lowest BCUT2D eigenvalue weighted by Gasteiger charge is -2.10. The second-order valence-electron chi connectivity index (χ2n) is 9.46. The Hall–Kier alpha value is -4.47. The van der Waals surface area contributed by atoms with Crippen LogP contribution in [0.15, 0.2) is 52.0 Å². The molecule has 1 aliphatic carbocycles. The fourth-order valence-electron chi connectivity index (χ4n) is 4.80. The highest BCUT2D eigenvalue weighted by atomic mass is 16.5. The maximum absolute atomic E-state index is 6.48. The summed E-state index contributed by atoms with van der Waals surface area (Å²) in [4.78, 5) is 18.7. The number of nitrogens with zero attached hydrogens (tertiary/aromatic N) is 7. The van der Waals surface area contributed by atoms with Gasteiger partial charge in [0.05, 0.1) is 24.7 Å². The molecule has 38 heavy (non-hydrogen) atoms. The fourth-order valence-corrected chi connectivity index (χ4v) is 4.80. The molecule has 1 saturated carbocycles. The Bertz CT molecular complexity index is 1600. The van der Waals surface area contributed by atoms with Crippen LogP contribution in [0.3, 0.4) is 0 Å². The van der Waals surface area contributed by atoms with E-state index in [9.17, 15) is 0 Å². The number of methoxy groups -OCH3 is 1. The van der Waals surface area contributed by atoms with Crippen molar-refractivity contribution in [2.75, 3.05) is 19.9 Å². The number of ether oxygens (including phenoxy) is 1.